The van der Waals surface area contributed by atoms with E-state index in [9.17, 15) is 25.9 Å². The van der Waals surface area contributed by atoms with Gasteiger partial charge in [0.05, 0.1) is 6.08 Å². The molecule has 0 bridgehead atoms. The highest BCUT2D eigenvalue weighted by atomic mass is 32.2. The average molecular weight is 673 g/mol. The first-order valence-electron chi connectivity index (χ1n) is 15.1. The molecule has 2 aliphatic heterocycles. The van der Waals surface area contributed by atoms with E-state index in [2.05, 4.69) is 0 Å². The molecule has 1 saturated heterocycles. The normalized spacial score (nSPS) is 20.1. The van der Waals surface area contributed by atoms with Gasteiger partial charge < -0.3 is 9.15 Å². The van der Waals surface area contributed by atoms with Crippen molar-refractivity contribution < 1.29 is 39.7 Å². The second-order valence-electron chi connectivity index (χ2n) is 11.7. The lowest BCUT2D eigenvalue weighted by Crippen LogP contribution is -2.38. The molecule has 2 N–H and O–H groups in total. The number of aromatic nitrogens is 1. The molecule has 5 aromatic rings. The van der Waals surface area contributed by atoms with Crippen LogP contribution in [0.15, 0.2) is 119 Å². The van der Waals surface area contributed by atoms with Gasteiger partial charge in [0.2, 0.25) is 5.58 Å². The summed E-state index contributed by atoms with van der Waals surface area (Å²) < 4.78 is 82.3. The number of ether oxygens (including phenoxy) is 1. The maximum atomic E-state index is 12.5. The molecule has 10 nitrogen and oxygen atoms in total. The standard InChI is InChI=1S/C35H30N2O8S2/c1-2-24(19-33-36(17-18-46(38,39)40)29-21-27(13-15-31(29)44-33)25-9-5-3-6-10-25)20-34-37(23-35(37)47(41,42)43)30-22-28(14-16-32(30)45-34)26-11-7-4-8-12-26/h3-16,19-22,35H,2,17-18,23H2,1H3/p+2/b24-19+,34-20?. The molecule has 2 unspecified atom stereocenters. The Kier molecular flexibility index (Phi) is 7.65. The lowest BCUT2D eigenvalue weighted by atomic mass is 10.0. The summed E-state index contributed by atoms with van der Waals surface area (Å²) in [6, 6.07) is 30.7. The second-order valence-corrected chi connectivity index (χ2v) is 14.8. The molecule has 0 saturated carbocycles. The fraction of sp³-hybridized carbons (Fsp3) is 0.171. The van der Waals surface area contributed by atoms with Crippen molar-refractivity contribution in [1.29, 1.82) is 0 Å². The minimum absolute atomic E-state index is 0.0709. The molecule has 2 aliphatic rings. The number of hydrogen-bond donors (Lipinski definition) is 2. The molecule has 0 amide bonds. The first-order chi connectivity index (χ1) is 22.5. The van der Waals surface area contributed by atoms with Gasteiger partial charge in [-0.15, -0.1) is 0 Å². The van der Waals surface area contributed by atoms with Crippen LogP contribution in [-0.4, -0.2) is 43.6 Å². The second kappa shape index (κ2) is 11.6. The molecule has 47 heavy (non-hydrogen) atoms. The molecular weight excluding hydrogens is 641 g/mol. The zero-order chi connectivity index (χ0) is 33.0. The van der Waals surface area contributed by atoms with E-state index in [1.54, 1.807) is 22.8 Å². The van der Waals surface area contributed by atoms with E-state index < -0.39 is 31.4 Å². The molecule has 3 heterocycles. The van der Waals surface area contributed by atoms with E-state index in [1.807, 2.05) is 97.9 Å². The average Bonchev–Trinajstić information content (AvgIpc) is 3.65. The maximum absolute atomic E-state index is 12.5. The fourth-order valence-electron chi connectivity index (χ4n) is 6.21. The molecule has 7 rings (SSSR count). The number of oxazole rings is 1. The predicted molar refractivity (Wildman–Crippen MR) is 179 cm³/mol. The summed E-state index contributed by atoms with van der Waals surface area (Å²) in [6.07, 6.45) is 3.99. The minimum Gasteiger partial charge on any atom is -0.406 e. The first kappa shape index (κ1) is 31.0. The van der Waals surface area contributed by atoms with Gasteiger partial charge in [0.1, 0.15) is 5.75 Å². The molecule has 1 aromatic heterocycles. The number of benzene rings is 4. The highest BCUT2D eigenvalue weighted by molar-refractivity contribution is 7.86. The number of quaternary nitrogens is 1. The highest BCUT2D eigenvalue weighted by Crippen LogP contribution is 2.56. The van der Waals surface area contributed by atoms with Crippen LogP contribution in [0.5, 0.6) is 5.75 Å². The summed E-state index contributed by atoms with van der Waals surface area (Å²) in [6.45, 7) is 1.96. The third-order valence-corrected chi connectivity index (χ3v) is 10.6. The molecule has 12 heteroatoms. The van der Waals surface area contributed by atoms with Gasteiger partial charge in [-0.1, -0.05) is 79.7 Å². The van der Waals surface area contributed by atoms with Crippen molar-refractivity contribution in [1.82, 2.24) is 4.48 Å². The van der Waals surface area contributed by atoms with Crippen molar-refractivity contribution in [2.45, 2.75) is 25.3 Å². The van der Waals surface area contributed by atoms with Gasteiger partial charge in [-0.05, 0) is 46.4 Å². The molecule has 240 valence electrons. The Morgan fingerprint density at radius 2 is 1.51 bits per heavy atom. The Bertz CT molecular complexity index is 2300. The van der Waals surface area contributed by atoms with Gasteiger partial charge in [-0.25, -0.2) is 0 Å². The summed E-state index contributed by atoms with van der Waals surface area (Å²) in [5.41, 5.74) is 6.23. The predicted octanol–water partition coefficient (Wildman–Crippen LogP) is 6.20. The van der Waals surface area contributed by atoms with Crippen molar-refractivity contribution in [2.24, 2.45) is 0 Å². The third kappa shape index (κ3) is 5.90. The van der Waals surface area contributed by atoms with Crippen molar-refractivity contribution in [3.8, 4) is 28.0 Å². The highest BCUT2D eigenvalue weighted by Gasteiger charge is 2.72. The number of allylic oxidation sites excluding steroid dienone is 2. The molecule has 1 spiro atoms. The number of fused-ring (bicyclic) bond motifs is 3. The van der Waals surface area contributed by atoms with Crippen LogP contribution >= 0.6 is 0 Å². The number of rotatable bonds is 9. The molecule has 2 atom stereocenters. The Balaban J connectivity index is 1.33. The maximum Gasteiger partial charge on any atom is 0.374 e. The minimum atomic E-state index is -4.42. The van der Waals surface area contributed by atoms with Gasteiger partial charge in [0.15, 0.2) is 24.5 Å². The monoisotopic (exact) mass is 672 g/mol. The lowest BCUT2D eigenvalue weighted by molar-refractivity contribution is -0.673. The third-order valence-electron chi connectivity index (χ3n) is 8.69. The van der Waals surface area contributed by atoms with Crippen LogP contribution in [0, 0.1) is 0 Å². The molecule has 1 fully saturated rings. The van der Waals surface area contributed by atoms with Crippen LogP contribution in [0.2, 0.25) is 0 Å². The van der Waals surface area contributed by atoms with Crippen LogP contribution in [0.3, 0.4) is 0 Å². The number of aryl methyl sites for hydroxylation is 1. The van der Waals surface area contributed by atoms with Crippen molar-refractivity contribution in [3.63, 3.8) is 0 Å². The molecule has 0 radical (unpaired) electrons. The van der Waals surface area contributed by atoms with Crippen molar-refractivity contribution in [2.75, 3.05) is 12.3 Å². The number of hydrogen-bond acceptors (Lipinski definition) is 6. The largest absolute Gasteiger partial charge is 0.406 e. The Hall–Kier alpha value is -4.59. The molecule has 0 aliphatic carbocycles. The molecule has 4 aromatic carbocycles. The SMILES string of the molecule is CC/C(C=C1Oc2ccc(-c3ccccc3)cc2[N+]12CC2S(=O)(=O)O)=C\c1oc2ccc(-c3ccccc3)cc2[n+]1CCS(=O)(=O)O. The van der Waals surface area contributed by atoms with Gasteiger partial charge in [0, 0.05) is 18.2 Å². The van der Waals surface area contributed by atoms with Crippen LogP contribution < -0.4 is 13.8 Å². The van der Waals surface area contributed by atoms with Gasteiger partial charge in [-0.3, -0.25) is 9.11 Å². The van der Waals surface area contributed by atoms with Crippen LogP contribution in [0.1, 0.15) is 19.2 Å². The van der Waals surface area contributed by atoms with E-state index >= 15 is 0 Å². The van der Waals surface area contributed by atoms with Gasteiger partial charge in [-0.2, -0.15) is 25.9 Å². The fourth-order valence-corrected chi connectivity index (χ4v) is 7.72. The Morgan fingerprint density at radius 1 is 0.872 bits per heavy atom. The van der Waals surface area contributed by atoms with Crippen LogP contribution in [-0.2, 0) is 26.8 Å². The first-order valence-corrected chi connectivity index (χ1v) is 18.2. The smallest absolute Gasteiger partial charge is 0.374 e. The van der Waals surface area contributed by atoms with Gasteiger partial charge in [0.25, 0.3) is 21.0 Å². The van der Waals surface area contributed by atoms with Crippen LogP contribution in [0.25, 0.3) is 39.4 Å². The lowest BCUT2D eigenvalue weighted by Gasteiger charge is -2.12. The summed E-state index contributed by atoms with van der Waals surface area (Å²) in [5, 5.41) is -1.12. The zero-order valence-corrected chi connectivity index (χ0v) is 27.0. The van der Waals surface area contributed by atoms with Gasteiger partial charge >= 0.3 is 21.9 Å². The summed E-state index contributed by atoms with van der Waals surface area (Å²) in [4.78, 5) is 0. The van der Waals surface area contributed by atoms with E-state index in [0.717, 1.165) is 22.3 Å². The van der Waals surface area contributed by atoms with Crippen molar-refractivity contribution >= 4 is 43.1 Å². The molecular formula is C35H32N2O8S2+2. The van der Waals surface area contributed by atoms with E-state index in [1.165, 1.54) is 0 Å². The Morgan fingerprint density at radius 3 is 2.11 bits per heavy atom. The van der Waals surface area contributed by atoms with E-state index in [4.69, 9.17) is 9.15 Å². The summed E-state index contributed by atoms with van der Waals surface area (Å²) in [7, 11) is -8.70. The topological polar surface area (TPSA) is 135 Å². The summed E-state index contributed by atoms with van der Waals surface area (Å²) >= 11 is 0. The van der Waals surface area contributed by atoms with Crippen molar-refractivity contribution in [3.05, 3.63) is 120 Å². The van der Waals surface area contributed by atoms with E-state index in [0.29, 0.717) is 46.3 Å². The summed E-state index contributed by atoms with van der Waals surface area (Å²) in [5.74, 6) is 0.655. The Labute approximate surface area is 272 Å². The zero-order valence-electron chi connectivity index (χ0n) is 25.4. The number of nitrogens with zero attached hydrogens (tertiary/aromatic N) is 2. The quantitative estimate of drug-likeness (QED) is 0.0818. The van der Waals surface area contributed by atoms with E-state index in [-0.39, 0.29) is 17.6 Å². The van der Waals surface area contributed by atoms with Crippen LogP contribution in [0.4, 0.5) is 5.69 Å².